The van der Waals surface area contributed by atoms with Crippen LogP contribution in [0.4, 0.5) is 4.39 Å². The molecule has 0 atom stereocenters. The zero-order chi connectivity index (χ0) is 20.0. The molecule has 8 nitrogen and oxygen atoms in total. The minimum atomic E-state index is -3.96. The number of hydrogen-bond acceptors (Lipinski definition) is 8. The third-order valence-electron chi connectivity index (χ3n) is 3.26. The Labute approximate surface area is 159 Å². The highest BCUT2D eigenvalue weighted by molar-refractivity contribution is 7.89. The Morgan fingerprint density at radius 1 is 1.22 bits per heavy atom. The molecule has 0 aliphatic heterocycles. The van der Waals surface area contributed by atoms with E-state index in [1.165, 1.54) is 7.05 Å². The summed E-state index contributed by atoms with van der Waals surface area (Å²) in [4.78, 5) is 27.3. The van der Waals surface area contributed by atoms with Crippen LogP contribution in [0.5, 0.6) is 0 Å². The van der Waals surface area contributed by atoms with Crippen molar-refractivity contribution in [3.8, 4) is 0 Å². The maximum atomic E-state index is 12.9. The van der Waals surface area contributed by atoms with Crippen molar-refractivity contribution in [3.63, 3.8) is 0 Å². The van der Waals surface area contributed by atoms with Crippen molar-refractivity contribution in [2.24, 2.45) is 0 Å². The number of benzene rings is 1. The van der Waals surface area contributed by atoms with Gasteiger partial charge in [0.15, 0.2) is 0 Å². The Kier molecular flexibility index (Phi) is 6.99. The second-order valence-electron chi connectivity index (χ2n) is 5.24. The van der Waals surface area contributed by atoms with Gasteiger partial charge in [0.1, 0.15) is 19.0 Å². The first-order valence-electron chi connectivity index (χ1n) is 7.73. The zero-order valence-corrected chi connectivity index (χ0v) is 16.2. The number of hydrogen-bond donors (Lipinski definition) is 0. The predicted octanol–water partition coefficient (Wildman–Crippen LogP) is 1.82. The maximum Gasteiger partial charge on any atom is 0.367 e. The van der Waals surface area contributed by atoms with Gasteiger partial charge in [0.2, 0.25) is 15.0 Å². The van der Waals surface area contributed by atoms with E-state index in [4.69, 9.17) is 9.47 Å². The third-order valence-corrected chi connectivity index (χ3v) is 5.95. The molecular formula is C16H17FN2O6S2. The van der Waals surface area contributed by atoms with Crippen LogP contribution >= 0.6 is 11.3 Å². The summed E-state index contributed by atoms with van der Waals surface area (Å²) in [6.07, 6.45) is 0. The van der Waals surface area contributed by atoms with Crippen LogP contribution in [0.1, 0.15) is 22.4 Å². The SMILES string of the molecule is CCOC(=O)c1nc(COC(=O)CN(C)S(=O)(=O)c2ccc(F)cc2)cs1. The van der Waals surface area contributed by atoms with Crippen molar-refractivity contribution < 1.29 is 31.9 Å². The van der Waals surface area contributed by atoms with Crippen molar-refractivity contribution in [2.45, 2.75) is 18.4 Å². The quantitative estimate of drug-likeness (QED) is 0.605. The van der Waals surface area contributed by atoms with E-state index in [0.717, 1.165) is 39.9 Å². The number of rotatable bonds is 8. The van der Waals surface area contributed by atoms with Crippen LogP contribution in [-0.2, 0) is 30.9 Å². The molecule has 0 bridgehead atoms. The van der Waals surface area contributed by atoms with E-state index >= 15 is 0 Å². The minimum Gasteiger partial charge on any atom is -0.461 e. The average Bonchev–Trinajstić information content (AvgIpc) is 3.09. The lowest BCUT2D eigenvalue weighted by Gasteiger charge is -2.16. The number of carbonyl (C=O) groups is 2. The Balaban J connectivity index is 1.91. The lowest BCUT2D eigenvalue weighted by atomic mass is 10.4. The molecule has 146 valence electrons. The number of halogens is 1. The van der Waals surface area contributed by atoms with E-state index in [2.05, 4.69) is 4.98 Å². The predicted molar refractivity (Wildman–Crippen MR) is 94.1 cm³/mol. The number of esters is 2. The summed E-state index contributed by atoms with van der Waals surface area (Å²) in [6, 6.07) is 4.25. The maximum absolute atomic E-state index is 12.9. The number of aromatic nitrogens is 1. The Morgan fingerprint density at radius 3 is 2.52 bits per heavy atom. The molecule has 0 fully saturated rings. The van der Waals surface area contributed by atoms with Gasteiger partial charge in [0.25, 0.3) is 0 Å². The second kappa shape index (κ2) is 9.02. The highest BCUT2D eigenvalue weighted by Gasteiger charge is 2.24. The van der Waals surface area contributed by atoms with Crippen LogP contribution in [0.25, 0.3) is 0 Å². The molecule has 2 rings (SSSR count). The number of carbonyl (C=O) groups excluding carboxylic acids is 2. The van der Waals surface area contributed by atoms with Gasteiger partial charge in [-0.2, -0.15) is 4.31 Å². The molecule has 0 amide bonds. The van der Waals surface area contributed by atoms with Gasteiger partial charge in [-0.25, -0.2) is 22.6 Å². The molecule has 0 unspecified atom stereocenters. The van der Waals surface area contributed by atoms with E-state index in [-0.39, 0.29) is 23.1 Å². The van der Waals surface area contributed by atoms with E-state index in [1.54, 1.807) is 12.3 Å². The molecule has 1 aromatic carbocycles. The topological polar surface area (TPSA) is 103 Å². The van der Waals surface area contributed by atoms with Crippen LogP contribution in [0.3, 0.4) is 0 Å². The molecule has 0 saturated carbocycles. The second-order valence-corrected chi connectivity index (χ2v) is 8.14. The normalized spacial score (nSPS) is 11.4. The summed E-state index contributed by atoms with van der Waals surface area (Å²) in [6.45, 7) is 1.15. The fourth-order valence-corrected chi connectivity index (χ4v) is 3.72. The van der Waals surface area contributed by atoms with Gasteiger partial charge in [0, 0.05) is 12.4 Å². The van der Waals surface area contributed by atoms with Crippen molar-refractivity contribution in [2.75, 3.05) is 20.2 Å². The highest BCUT2D eigenvalue weighted by Crippen LogP contribution is 2.15. The van der Waals surface area contributed by atoms with Crippen LogP contribution in [-0.4, -0.2) is 49.8 Å². The molecule has 2 aromatic rings. The fraction of sp³-hybridized carbons (Fsp3) is 0.312. The summed E-state index contributed by atoms with van der Waals surface area (Å²) >= 11 is 1.05. The molecule has 1 aromatic heterocycles. The standard InChI is InChI=1S/C16H17FN2O6S2/c1-3-24-16(21)15-18-12(10-26-15)9-25-14(20)8-19(2)27(22,23)13-6-4-11(17)5-7-13/h4-7,10H,3,8-9H2,1-2H3. The third kappa shape index (κ3) is 5.55. The summed E-state index contributed by atoms with van der Waals surface area (Å²) in [5.41, 5.74) is 0.348. The lowest BCUT2D eigenvalue weighted by molar-refractivity contribution is -0.145. The summed E-state index contributed by atoms with van der Waals surface area (Å²) in [5, 5.41) is 1.68. The Morgan fingerprint density at radius 2 is 1.89 bits per heavy atom. The number of ether oxygens (including phenoxy) is 2. The van der Waals surface area contributed by atoms with Gasteiger partial charge in [-0.15, -0.1) is 11.3 Å². The van der Waals surface area contributed by atoms with E-state index in [9.17, 15) is 22.4 Å². The van der Waals surface area contributed by atoms with Crippen LogP contribution in [0.2, 0.25) is 0 Å². The molecular weight excluding hydrogens is 399 g/mol. The van der Waals surface area contributed by atoms with Gasteiger partial charge >= 0.3 is 11.9 Å². The van der Waals surface area contributed by atoms with Crippen molar-refractivity contribution in [3.05, 3.63) is 46.2 Å². The van der Waals surface area contributed by atoms with E-state index < -0.39 is 34.3 Å². The van der Waals surface area contributed by atoms with Gasteiger partial charge in [-0.05, 0) is 31.2 Å². The first-order chi connectivity index (χ1) is 12.7. The van der Waals surface area contributed by atoms with E-state index in [1.807, 2.05) is 0 Å². The van der Waals surface area contributed by atoms with Gasteiger partial charge in [-0.3, -0.25) is 4.79 Å². The fourth-order valence-electron chi connectivity index (χ4n) is 1.91. The number of nitrogens with zero attached hydrogens (tertiary/aromatic N) is 2. The van der Waals surface area contributed by atoms with Crippen molar-refractivity contribution >= 4 is 33.3 Å². The van der Waals surface area contributed by atoms with Crippen LogP contribution < -0.4 is 0 Å². The van der Waals surface area contributed by atoms with Crippen molar-refractivity contribution in [1.29, 1.82) is 0 Å². The minimum absolute atomic E-state index is 0.138. The smallest absolute Gasteiger partial charge is 0.367 e. The molecule has 0 aliphatic carbocycles. The molecule has 27 heavy (non-hydrogen) atoms. The van der Waals surface area contributed by atoms with Crippen molar-refractivity contribution in [1.82, 2.24) is 9.29 Å². The Hall–Kier alpha value is -2.37. The zero-order valence-electron chi connectivity index (χ0n) is 14.5. The van der Waals surface area contributed by atoms with Gasteiger partial charge < -0.3 is 9.47 Å². The first kappa shape index (κ1) is 20.9. The van der Waals surface area contributed by atoms with Crippen LogP contribution in [0, 0.1) is 5.82 Å². The number of thiazole rings is 1. The summed E-state index contributed by atoms with van der Waals surface area (Å²) < 4.78 is 48.2. The summed E-state index contributed by atoms with van der Waals surface area (Å²) in [7, 11) is -2.75. The molecule has 0 spiro atoms. The molecule has 1 heterocycles. The molecule has 0 radical (unpaired) electrons. The van der Waals surface area contributed by atoms with E-state index in [0.29, 0.717) is 5.69 Å². The summed E-state index contributed by atoms with van der Waals surface area (Å²) in [5.74, 6) is -1.93. The average molecular weight is 416 g/mol. The number of likely N-dealkylation sites (N-methyl/N-ethyl adjacent to an activating group) is 1. The number of sulfonamides is 1. The molecule has 0 aliphatic rings. The molecule has 0 N–H and O–H groups in total. The lowest BCUT2D eigenvalue weighted by Crippen LogP contribution is -2.33. The van der Waals surface area contributed by atoms with Gasteiger partial charge in [0.05, 0.1) is 17.2 Å². The molecule has 0 saturated heterocycles. The first-order valence-corrected chi connectivity index (χ1v) is 10.0. The highest BCUT2D eigenvalue weighted by atomic mass is 32.2. The molecule has 11 heteroatoms. The Bertz CT molecular complexity index is 911. The van der Waals surface area contributed by atoms with Gasteiger partial charge in [-0.1, -0.05) is 0 Å². The largest absolute Gasteiger partial charge is 0.461 e. The van der Waals surface area contributed by atoms with Crippen LogP contribution in [0.15, 0.2) is 34.5 Å². The monoisotopic (exact) mass is 416 g/mol.